The van der Waals surface area contributed by atoms with E-state index in [0.717, 1.165) is 23.7 Å². The predicted molar refractivity (Wildman–Crippen MR) is 87.3 cm³/mol. The van der Waals surface area contributed by atoms with Crippen molar-refractivity contribution >= 4 is 17.5 Å². The summed E-state index contributed by atoms with van der Waals surface area (Å²) in [5, 5.41) is 4.15. The van der Waals surface area contributed by atoms with Crippen molar-refractivity contribution in [3.63, 3.8) is 0 Å². The quantitative estimate of drug-likeness (QED) is 0.905. The van der Waals surface area contributed by atoms with E-state index in [2.05, 4.69) is 12.2 Å². The van der Waals surface area contributed by atoms with Crippen molar-refractivity contribution in [1.82, 2.24) is 10.2 Å². The number of hydrogen-bond acceptors (Lipinski definition) is 2. The zero-order valence-corrected chi connectivity index (χ0v) is 13.7. The van der Waals surface area contributed by atoms with Crippen molar-refractivity contribution in [2.75, 3.05) is 20.1 Å². The largest absolute Gasteiger partial charge is 0.341 e. The molecule has 2 atom stereocenters. The Kier molecular flexibility index (Phi) is 6.07. The first-order valence-corrected chi connectivity index (χ1v) is 8.13. The third-order valence-electron chi connectivity index (χ3n) is 4.40. The molecule has 1 aliphatic rings. The summed E-state index contributed by atoms with van der Waals surface area (Å²) in [6.45, 7) is 5.01. The Morgan fingerprint density at radius 3 is 2.76 bits per heavy atom. The number of rotatable bonds is 5. The van der Waals surface area contributed by atoms with Gasteiger partial charge in [0.15, 0.2) is 0 Å². The number of amides is 1. The fraction of sp³-hybridized carbons (Fsp3) is 0.588. The number of halogens is 1. The van der Waals surface area contributed by atoms with E-state index in [-0.39, 0.29) is 5.91 Å². The van der Waals surface area contributed by atoms with Gasteiger partial charge in [0.05, 0.1) is 0 Å². The van der Waals surface area contributed by atoms with Crippen molar-refractivity contribution in [3.8, 4) is 0 Å². The third kappa shape index (κ3) is 5.01. The molecular weight excluding hydrogens is 284 g/mol. The monoisotopic (exact) mass is 308 g/mol. The summed E-state index contributed by atoms with van der Waals surface area (Å²) >= 11 is 5.88. The highest BCUT2D eigenvalue weighted by atomic mass is 35.5. The lowest BCUT2D eigenvalue weighted by Gasteiger charge is -2.29. The summed E-state index contributed by atoms with van der Waals surface area (Å²) < 4.78 is 0. The number of carbonyl (C=O) groups is 1. The molecule has 3 nitrogen and oxygen atoms in total. The van der Waals surface area contributed by atoms with Gasteiger partial charge in [-0.1, -0.05) is 30.7 Å². The molecule has 1 aromatic rings. The first-order valence-electron chi connectivity index (χ1n) is 7.75. The number of hydrogen-bond donors (Lipinski definition) is 1. The smallest absolute Gasteiger partial charge is 0.222 e. The third-order valence-corrected chi connectivity index (χ3v) is 4.65. The van der Waals surface area contributed by atoms with Crippen LogP contribution >= 0.6 is 11.6 Å². The molecule has 21 heavy (non-hydrogen) atoms. The van der Waals surface area contributed by atoms with Crippen LogP contribution in [0.4, 0.5) is 0 Å². The second-order valence-electron chi connectivity index (χ2n) is 6.16. The molecule has 1 aliphatic heterocycles. The summed E-state index contributed by atoms with van der Waals surface area (Å²) in [6, 6.07) is 7.68. The summed E-state index contributed by atoms with van der Waals surface area (Å²) in [7, 11) is 1.88. The topological polar surface area (TPSA) is 32.3 Å². The fourth-order valence-corrected chi connectivity index (χ4v) is 3.04. The van der Waals surface area contributed by atoms with Gasteiger partial charge in [0.1, 0.15) is 0 Å². The zero-order chi connectivity index (χ0) is 15.2. The Bertz CT molecular complexity index is 454. The highest BCUT2D eigenvalue weighted by Crippen LogP contribution is 2.23. The first-order chi connectivity index (χ1) is 10.1. The molecule has 1 saturated heterocycles. The lowest BCUT2D eigenvalue weighted by Crippen LogP contribution is -2.36. The minimum absolute atomic E-state index is 0.225. The van der Waals surface area contributed by atoms with Gasteiger partial charge in [0.25, 0.3) is 0 Å². The van der Waals surface area contributed by atoms with Crippen LogP contribution in [0.15, 0.2) is 24.3 Å². The molecule has 2 rings (SSSR count). The number of piperidine rings is 1. The molecule has 1 aromatic carbocycles. The summed E-state index contributed by atoms with van der Waals surface area (Å²) in [5.74, 6) is 1.30. The maximum Gasteiger partial charge on any atom is 0.222 e. The number of carbonyl (C=O) groups excluding carboxylic acids is 1. The molecule has 2 unspecified atom stereocenters. The SMILES string of the molecule is CC(CC(=O)N(C)Cc1ccc(Cl)cc1)C1CCCNC1. The number of benzene rings is 1. The van der Waals surface area contributed by atoms with Gasteiger partial charge >= 0.3 is 0 Å². The van der Waals surface area contributed by atoms with Crippen LogP contribution in [0.2, 0.25) is 5.02 Å². The molecule has 4 heteroatoms. The Morgan fingerprint density at radius 1 is 1.43 bits per heavy atom. The van der Waals surface area contributed by atoms with Crippen LogP contribution in [0.3, 0.4) is 0 Å². The zero-order valence-electron chi connectivity index (χ0n) is 12.9. The first kappa shape index (κ1) is 16.3. The highest BCUT2D eigenvalue weighted by Gasteiger charge is 2.23. The summed E-state index contributed by atoms with van der Waals surface area (Å²) in [4.78, 5) is 14.2. The highest BCUT2D eigenvalue weighted by molar-refractivity contribution is 6.30. The normalized spacial score (nSPS) is 20.0. The van der Waals surface area contributed by atoms with Gasteiger partial charge in [0, 0.05) is 25.0 Å². The molecule has 0 aliphatic carbocycles. The number of nitrogens with one attached hydrogen (secondary N) is 1. The van der Waals surface area contributed by atoms with E-state index in [9.17, 15) is 4.79 Å². The molecular formula is C17H25ClN2O. The fourth-order valence-electron chi connectivity index (χ4n) is 2.91. The van der Waals surface area contributed by atoms with E-state index < -0.39 is 0 Å². The summed E-state index contributed by atoms with van der Waals surface area (Å²) in [5.41, 5.74) is 1.11. The average Bonchev–Trinajstić information content (AvgIpc) is 2.50. The van der Waals surface area contributed by atoms with Crippen molar-refractivity contribution < 1.29 is 4.79 Å². The van der Waals surface area contributed by atoms with Gasteiger partial charge < -0.3 is 10.2 Å². The van der Waals surface area contributed by atoms with Crippen LogP contribution in [0, 0.1) is 11.8 Å². The number of nitrogens with zero attached hydrogens (tertiary/aromatic N) is 1. The van der Waals surface area contributed by atoms with Crippen LogP contribution in [0.5, 0.6) is 0 Å². The lowest BCUT2D eigenvalue weighted by atomic mass is 9.85. The minimum Gasteiger partial charge on any atom is -0.341 e. The molecule has 0 aromatic heterocycles. The Morgan fingerprint density at radius 2 is 2.14 bits per heavy atom. The molecule has 0 radical (unpaired) electrons. The van der Waals surface area contributed by atoms with Crippen molar-refractivity contribution in [2.45, 2.75) is 32.7 Å². The molecule has 1 amide bonds. The molecule has 116 valence electrons. The van der Waals surface area contributed by atoms with E-state index in [1.165, 1.54) is 12.8 Å². The Labute approximate surface area is 132 Å². The Balaban J connectivity index is 1.82. The van der Waals surface area contributed by atoms with E-state index in [1.807, 2.05) is 36.2 Å². The molecule has 1 heterocycles. The van der Waals surface area contributed by atoms with Crippen molar-refractivity contribution in [1.29, 1.82) is 0 Å². The van der Waals surface area contributed by atoms with Gasteiger partial charge in [-0.3, -0.25) is 4.79 Å². The van der Waals surface area contributed by atoms with Crippen LogP contribution in [-0.4, -0.2) is 30.9 Å². The van der Waals surface area contributed by atoms with E-state index in [0.29, 0.717) is 24.8 Å². The second-order valence-corrected chi connectivity index (χ2v) is 6.60. The lowest BCUT2D eigenvalue weighted by molar-refractivity contribution is -0.131. The van der Waals surface area contributed by atoms with Crippen LogP contribution in [0.1, 0.15) is 31.7 Å². The van der Waals surface area contributed by atoms with Gasteiger partial charge in [-0.2, -0.15) is 0 Å². The van der Waals surface area contributed by atoms with E-state index in [1.54, 1.807) is 0 Å². The average molecular weight is 309 g/mol. The summed E-state index contributed by atoms with van der Waals surface area (Å²) in [6.07, 6.45) is 3.10. The van der Waals surface area contributed by atoms with Gasteiger partial charge in [-0.25, -0.2) is 0 Å². The Hall–Kier alpha value is -1.06. The van der Waals surface area contributed by atoms with Crippen LogP contribution in [-0.2, 0) is 11.3 Å². The second kappa shape index (κ2) is 7.81. The molecule has 1 fully saturated rings. The maximum atomic E-state index is 12.3. The van der Waals surface area contributed by atoms with Crippen molar-refractivity contribution in [3.05, 3.63) is 34.9 Å². The van der Waals surface area contributed by atoms with Gasteiger partial charge in [-0.15, -0.1) is 0 Å². The molecule has 1 N–H and O–H groups in total. The maximum absolute atomic E-state index is 12.3. The standard InChI is InChI=1S/C17H25ClN2O/c1-13(15-4-3-9-19-11-15)10-17(21)20(2)12-14-5-7-16(18)8-6-14/h5-8,13,15,19H,3-4,9-12H2,1-2H3. The van der Waals surface area contributed by atoms with Crippen LogP contribution < -0.4 is 5.32 Å². The van der Waals surface area contributed by atoms with Gasteiger partial charge in [-0.05, 0) is 55.5 Å². The van der Waals surface area contributed by atoms with E-state index >= 15 is 0 Å². The minimum atomic E-state index is 0.225. The van der Waals surface area contributed by atoms with E-state index in [4.69, 9.17) is 11.6 Å². The predicted octanol–water partition coefficient (Wildman–Crippen LogP) is 3.32. The molecule has 0 saturated carbocycles. The van der Waals surface area contributed by atoms with Crippen LogP contribution in [0.25, 0.3) is 0 Å². The molecule has 0 bridgehead atoms. The van der Waals surface area contributed by atoms with Gasteiger partial charge in [0.2, 0.25) is 5.91 Å². The molecule has 0 spiro atoms. The van der Waals surface area contributed by atoms with Crippen molar-refractivity contribution in [2.24, 2.45) is 11.8 Å².